The lowest BCUT2D eigenvalue weighted by atomic mass is 9.78. The summed E-state index contributed by atoms with van der Waals surface area (Å²) >= 11 is 0. The molecule has 0 aliphatic carbocycles. The maximum absolute atomic E-state index is 2.47. The lowest BCUT2D eigenvalue weighted by Crippen LogP contribution is -2.11. The Morgan fingerprint density at radius 3 is 0.658 bits per heavy atom. The monoisotopic (exact) mass is 972 g/mol. The van der Waals surface area contributed by atoms with Gasteiger partial charge in [-0.25, -0.2) is 0 Å². The van der Waals surface area contributed by atoms with Crippen molar-refractivity contribution >= 4 is 86.2 Å². The molecule has 14 rings (SSSR count). The third kappa shape index (κ3) is 8.00. The molecule has 0 aromatic heterocycles. The lowest BCUT2D eigenvalue weighted by Gasteiger charge is -2.25. The number of benzene rings is 14. The van der Waals surface area contributed by atoms with Crippen LogP contribution in [-0.4, -0.2) is 0 Å². The molecule has 0 heterocycles. The van der Waals surface area contributed by atoms with Crippen LogP contribution in [0.25, 0.3) is 131 Å². The molecule has 0 aliphatic heterocycles. The predicted molar refractivity (Wildman–Crippen MR) is 332 cm³/mol. The van der Waals surface area contributed by atoms with E-state index in [4.69, 9.17) is 0 Å². The normalized spacial score (nSPS) is 12.1. The van der Waals surface area contributed by atoms with Gasteiger partial charge in [0.05, 0.1) is 0 Å². The molecule has 0 heteroatoms. The van der Waals surface area contributed by atoms with Crippen LogP contribution in [-0.2, 0) is 10.8 Å². The third-order valence-electron chi connectivity index (χ3n) is 16.0. The zero-order valence-electron chi connectivity index (χ0n) is 44.2. The number of fused-ring (bicyclic) bond motifs is 8. The first-order valence-corrected chi connectivity index (χ1v) is 26.9. The van der Waals surface area contributed by atoms with Gasteiger partial charge in [0.1, 0.15) is 0 Å². The summed E-state index contributed by atoms with van der Waals surface area (Å²) in [5.41, 5.74) is 13.2. The van der Waals surface area contributed by atoms with Crippen LogP contribution in [0.15, 0.2) is 255 Å². The molecular formula is C76H60. The van der Waals surface area contributed by atoms with Crippen LogP contribution < -0.4 is 0 Å². The fraction of sp³-hybridized carbons (Fsp3) is 0.105. The largest absolute Gasteiger partial charge is 0.0616 e. The molecule has 14 aromatic carbocycles. The molecule has 14 aromatic rings. The molecule has 0 saturated carbocycles. The number of hydrogen-bond acceptors (Lipinski definition) is 0. The molecule has 0 amide bonds. The second-order valence-corrected chi connectivity index (χ2v) is 22.7. The second kappa shape index (κ2) is 18.5. The summed E-state index contributed by atoms with van der Waals surface area (Å²) in [7, 11) is 0. The van der Waals surface area contributed by atoms with Gasteiger partial charge in [0.15, 0.2) is 0 Å². The minimum absolute atomic E-state index is 0.0366. The van der Waals surface area contributed by atoms with E-state index in [9.17, 15) is 0 Å². The quantitative estimate of drug-likeness (QED) is 0.154. The van der Waals surface area contributed by atoms with Crippen LogP contribution in [0.1, 0.15) is 52.7 Å². The second-order valence-electron chi connectivity index (χ2n) is 22.7. The van der Waals surface area contributed by atoms with Gasteiger partial charge in [-0.15, -0.1) is 0 Å². The van der Waals surface area contributed by atoms with Crippen molar-refractivity contribution in [2.75, 3.05) is 0 Å². The molecule has 0 radical (unpaired) electrons. The molecule has 0 fully saturated rings. The van der Waals surface area contributed by atoms with Crippen molar-refractivity contribution in [1.29, 1.82) is 0 Å². The summed E-state index contributed by atoms with van der Waals surface area (Å²) in [6, 6.07) is 94.1. The Labute approximate surface area is 446 Å². The van der Waals surface area contributed by atoms with Crippen LogP contribution in [0.5, 0.6) is 0 Å². The van der Waals surface area contributed by atoms with E-state index in [-0.39, 0.29) is 10.8 Å². The molecule has 364 valence electrons. The molecular weight excluding hydrogens is 913 g/mol. The third-order valence-corrected chi connectivity index (χ3v) is 16.0. The highest BCUT2D eigenvalue weighted by molar-refractivity contribution is 6.27. The van der Waals surface area contributed by atoms with Crippen molar-refractivity contribution < 1.29 is 0 Å². The Bertz CT molecular complexity index is 4220. The van der Waals surface area contributed by atoms with Crippen LogP contribution in [0.2, 0.25) is 0 Å². The summed E-state index contributed by atoms with van der Waals surface area (Å²) in [6.07, 6.45) is 0. The van der Waals surface area contributed by atoms with Gasteiger partial charge in [-0.3, -0.25) is 0 Å². The van der Waals surface area contributed by atoms with E-state index < -0.39 is 0 Å². The maximum Gasteiger partial charge on any atom is -0.00200 e. The molecule has 0 nitrogen and oxygen atoms in total. The summed E-state index contributed by atoms with van der Waals surface area (Å²) < 4.78 is 0. The van der Waals surface area contributed by atoms with Gasteiger partial charge in [0.25, 0.3) is 0 Å². The van der Waals surface area contributed by atoms with Gasteiger partial charge < -0.3 is 0 Å². The topological polar surface area (TPSA) is 0 Å². The van der Waals surface area contributed by atoms with E-state index in [1.807, 2.05) is 0 Å². The SMILES string of the molecule is CC(C)(C)c1ccc2c(-c3cccc4ccccc34)c3cc(C(C)(C)C)ccc3c(-c3cccc4ccccc34)c2c1.c1ccc2c(-c3c4ccccc4c(-c4cccc5ccccc45)c4ccccc34)cccc2c1. The summed E-state index contributed by atoms with van der Waals surface area (Å²) in [4.78, 5) is 0. The van der Waals surface area contributed by atoms with Gasteiger partial charge in [-0.05, 0) is 165 Å². The fourth-order valence-electron chi connectivity index (χ4n) is 12.2. The van der Waals surface area contributed by atoms with Crippen molar-refractivity contribution in [2.24, 2.45) is 0 Å². The molecule has 76 heavy (non-hydrogen) atoms. The maximum atomic E-state index is 2.47. The first-order valence-electron chi connectivity index (χ1n) is 26.9. The van der Waals surface area contributed by atoms with E-state index >= 15 is 0 Å². The van der Waals surface area contributed by atoms with Gasteiger partial charge in [-0.2, -0.15) is 0 Å². The highest BCUT2D eigenvalue weighted by Gasteiger charge is 2.25. The molecule has 0 bridgehead atoms. The Hall–Kier alpha value is -8.84. The molecule has 0 aliphatic rings. The molecule has 0 atom stereocenters. The number of hydrogen-bond donors (Lipinski definition) is 0. The van der Waals surface area contributed by atoms with Crippen LogP contribution in [0.4, 0.5) is 0 Å². The highest BCUT2D eigenvalue weighted by Crippen LogP contribution is 2.50. The van der Waals surface area contributed by atoms with E-state index in [0.29, 0.717) is 0 Å². The number of rotatable bonds is 4. The Balaban J connectivity index is 0.000000149. The Morgan fingerprint density at radius 1 is 0.184 bits per heavy atom. The van der Waals surface area contributed by atoms with Gasteiger partial charge in [0, 0.05) is 0 Å². The molecule has 0 saturated heterocycles. The van der Waals surface area contributed by atoms with Crippen LogP contribution in [0.3, 0.4) is 0 Å². The molecule has 0 spiro atoms. The fourth-order valence-corrected chi connectivity index (χ4v) is 12.2. The van der Waals surface area contributed by atoms with E-state index in [2.05, 4.69) is 296 Å². The zero-order valence-corrected chi connectivity index (χ0v) is 44.2. The summed E-state index contributed by atoms with van der Waals surface area (Å²) in [5.74, 6) is 0. The van der Waals surface area contributed by atoms with Crippen molar-refractivity contribution in [3.63, 3.8) is 0 Å². The Kier molecular flexibility index (Phi) is 11.4. The average Bonchev–Trinajstić information content (AvgIpc) is 3.45. The average molecular weight is 973 g/mol. The smallest absolute Gasteiger partial charge is 0.00200 e. The predicted octanol–water partition coefficient (Wildman–Crippen LogP) is 21.9. The molecule has 0 N–H and O–H groups in total. The van der Waals surface area contributed by atoms with Crippen molar-refractivity contribution in [1.82, 2.24) is 0 Å². The minimum atomic E-state index is 0.0366. The first-order chi connectivity index (χ1) is 37.0. The van der Waals surface area contributed by atoms with Gasteiger partial charge >= 0.3 is 0 Å². The van der Waals surface area contributed by atoms with Crippen LogP contribution >= 0.6 is 0 Å². The minimum Gasteiger partial charge on any atom is -0.0616 e. The summed E-state index contributed by atoms with van der Waals surface area (Å²) in [5, 5.41) is 20.7. The van der Waals surface area contributed by atoms with Crippen LogP contribution in [0, 0.1) is 0 Å². The van der Waals surface area contributed by atoms with E-state index in [0.717, 1.165) is 0 Å². The lowest BCUT2D eigenvalue weighted by molar-refractivity contribution is 0.590. The summed E-state index contributed by atoms with van der Waals surface area (Å²) in [6.45, 7) is 13.9. The standard InChI is InChI=1S/C42H38.C34H22/c1-41(2,3)29-21-23-35-37(25-29)39(33-19-11-15-27-13-7-9-17-31(27)33)36-24-22-30(42(4,5)6)26-38(36)40(35)34-20-12-16-28-14-8-10-18-32(28)34;1-3-15-25-23(11-1)13-9-21-27(25)33-29-17-5-7-19-31(29)34(32-20-8-6-18-30(32)33)28-22-10-14-24-12-2-4-16-26(24)28/h7-26H,1-6H3;1-22H. The van der Waals surface area contributed by atoms with Crippen molar-refractivity contribution in [3.05, 3.63) is 266 Å². The molecule has 0 unspecified atom stereocenters. The van der Waals surface area contributed by atoms with Gasteiger partial charge in [-0.1, -0.05) is 284 Å². The zero-order chi connectivity index (χ0) is 51.7. The van der Waals surface area contributed by atoms with Crippen molar-refractivity contribution in [2.45, 2.75) is 52.4 Å². The van der Waals surface area contributed by atoms with Gasteiger partial charge in [0.2, 0.25) is 0 Å². The van der Waals surface area contributed by atoms with Crippen molar-refractivity contribution in [3.8, 4) is 44.5 Å². The Morgan fingerprint density at radius 2 is 0.395 bits per heavy atom. The first kappa shape index (κ1) is 46.9. The highest BCUT2D eigenvalue weighted by atomic mass is 14.3. The van der Waals surface area contributed by atoms with E-state index in [1.54, 1.807) is 0 Å². The van der Waals surface area contributed by atoms with E-state index in [1.165, 1.54) is 142 Å².